The lowest BCUT2D eigenvalue weighted by atomic mass is 10.0. The van der Waals surface area contributed by atoms with Crippen LogP contribution in [0.3, 0.4) is 0 Å². The van der Waals surface area contributed by atoms with E-state index in [1.165, 1.54) is 6.42 Å². The Hall–Kier alpha value is -0.0800. The van der Waals surface area contributed by atoms with Crippen molar-refractivity contribution in [1.29, 1.82) is 0 Å². The van der Waals surface area contributed by atoms with E-state index < -0.39 is 0 Å². The fourth-order valence-electron chi connectivity index (χ4n) is 0.820. The van der Waals surface area contributed by atoms with E-state index in [2.05, 4.69) is 12.2 Å². The van der Waals surface area contributed by atoms with Crippen LogP contribution in [-0.4, -0.2) is 20.1 Å². The highest BCUT2D eigenvalue weighted by atomic mass is 14.8. The van der Waals surface area contributed by atoms with Gasteiger partial charge in [0.15, 0.2) is 0 Å². The number of hydrogen-bond acceptors (Lipinski definition) is 2. The van der Waals surface area contributed by atoms with Crippen LogP contribution in [-0.2, 0) is 0 Å². The Morgan fingerprint density at radius 1 is 1.44 bits per heavy atom. The highest BCUT2D eigenvalue weighted by Gasteiger charge is 1.97. The number of nitrogens with one attached hydrogen (secondary N) is 1. The number of nitrogens with two attached hydrogens (primary N) is 1. The smallest absolute Gasteiger partial charge is 0.00494 e. The maximum Gasteiger partial charge on any atom is -0.00494 e. The lowest BCUT2D eigenvalue weighted by Crippen LogP contribution is -2.13. The first-order valence-electron chi connectivity index (χ1n) is 3.66. The summed E-state index contributed by atoms with van der Waals surface area (Å²) in [6.07, 6.45) is 2.40. The molecule has 0 amide bonds. The highest BCUT2D eigenvalue weighted by molar-refractivity contribution is 4.54. The molecule has 0 aliphatic rings. The third-order valence-corrected chi connectivity index (χ3v) is 1.55. The van der Waals surface area contributed by atoms with Gasteiger partial charge in [0.1, 0.15) is 0 Å². The summed E-state index contributed by atoms with van der Waals surface area (Å²) < 4.78 is 0. The summed E-state index contributed by atoms with van der Waals surface area (Å²) in [6.45, 7) is 4.18. The topological polar surface area (TPSA) is 38.0 Å². The van der Waals surface area contributed by atoms with Gasteiger partial charge >= 0.3 is 0 Å². The van der Waals surface area contributed by atoms with Crippen LogP contribution in [0.25, 0.3) is 0 Å². The van der Waals surface area contributed by atoms with Gasteiger partial charge in [0, 0.05) is 0 Å². The molecular weight excluding hydrogens is 112 g/mol. The molecule has 0 rings (SSSR count). The van der Waals surface area contributed by atoms with Crippen molar-refractivity contribution in [2.24, 2.45) is 11.7 Å². The van der Waals surface area contributed by atoms with Gasteiger partial charge in [-0.2, -0.15) is 0 Å². The highest BCUT2D eigenvalue weighted by Crippen LogP contribution is 2.03. The van der Waals surface area contributed by atoms with Crippen LogP contribution in [0, 0.1) is 5.92 Å². The first-order valence-corrected chi connectivity index (χ1v) is 3.66. The maximum atomic E-state index is 5.38. The van der Waals surface area contributed by atoms with Gasteiger partial charge in [0.2, 0.25) is 0 Å². The summed E-state index contributed by atoms with van der Waals surface area (Å²) in [5, 5.41) is 3.12. The van der Waals surface area contributed by atoms with E-state index in [9.17, 15) is 0 Å². The Balaban J connectivity index is 2.95. The number of rotatable bonds is 5. The molecule has 2 nitrogen and oxygen atoms in total. The van der Waals surface area contributed by atoms with Gasteiger partial charge in [0.05, 0.1) is 0 Å². The predicted octanol–water partition coefficient (Wildman–Crippen LogP) is 0.581. The van der Waals surface area contributed by atoms with Crippen molar-refractivity contribution in [3.8, 4) is 0 Å². The van der Waals surface area contributed by atoms with Crippen LogP contribution in [0.2, 0.25) is 0 Å². The van der Waals surface area contributed by atoms with Crippen molar-refractivity contribution in [2.45, 2.75) is 19.8 Å². The fraction of sp³-hybridized carbons (Fsp3) is 1.00. The Labute approximate surface area is 57.8 Å². The Kier molecular flexibility index (Phi) is 5.99. The van der Waals surface area contributed by atoms with Crippen molar-refractivity contribution in [3.63, 3.8) is 0 Å². The van der Waals surface area contributed by atoms with Crippen molar-refractivity contribution in [1.82, 2.24) is 5.32 Å². The molecule has 2 heteroatoms. The molecule has 0 fully saturated rings. The van der Waals surface area contributed by atoms with Crippen molar-refractivity contribution in [2.75, 3.05) is 20.1 Å². The largest absolute Gasteiger partial charge is 0.330 e. The van der Waals surface area contributed by atoms with Crippen LogP contribution in [0.4, 0.5) is 0 Å². The molecule has 0 heterocycles. The second-order valence-electron chi connectivity index (χ2n) is 2.57. The Morgan fingerprint density at radius 2 is 2.11 bits per heavy atom. The standard InChI is InChI=1S/C7H18N2/c1-7(3-5-8)4-6-9-2/h7,9H,3-6,8H2,1-2H3. The summed E-state index contributed by atoms with van der Waals surface area (Å²) in [5.74, 6) is 0.780. The van der Waals surface area contributed by atoms with Gasteiger partial charge in [-0.3, -0.25) is 0 Å². The fourth-order valence-corrected chi connectivity index (χ4v) is 0.820. The molecule has 0 aromatic carbocycles. The van der Waals surface area contributed by atoms with Gasteiger partial charge in [-0.05, 0) is 38.9 Å². The first kappa shape index (κ1) is 8.92. The van der Waals surface area contributed by atoms with Gasteiger partial charge in [0.25, 0.3) is 0 Å². The molecule has 0 radical (unpaired) electrons. The molecule has 0 aliphatic heterocycles. The van der Waals surface area contributed by atoms with E-state index in [4.69, 9.17) is 5.73 Å². The molecule has 0 saturated heterocycles. The minimum Gasteiger partial charge on any atom is -0.330 e. The number of hydrogen-bond donors (Lipinski definition) is 2. The lowest BCUT2D eigenvalue weighted by Gasteiger charge is -2.07. The molecule has 1 atom stereocenters. The van der Waals surface area contributed by atoms with Gasteiger partial charge in [-0.1, -0.05) is 6.92 Å². The van der Waals surface area contributed by atoms with Gasteiger partial charge in [-0.15, -0.1) is 0 Å². The van der Waals surface area contributed by atoms with Crippen LogP contribution >= 0.6 is 0 Å². The van der Waals surface area contributed by atoms with Crippen molar-refractivity contribution < 1.29 is 0 Å². The van der Waals surface area contributed by atoms with Crippen LogP contribution in [0.5, 0.6) is 0 Å². The molecule has 0 aromatic rings. The zero-order valence-electron chi connectivity index (χ0n) is 6.48. The summed E-state index contributed by atoms with van der Waals surface area (Å²) in [6, 6.07) is 0. The van der Waals surface area contributed by atoms with Crippen molar-refractivity contribution in [3.05, 3.63) is 0 Å². The third-order valence-electron chi connectivity index (χ3n) is 1.55. The van der Waals surface area contributed by atoms with Crippen molar-refractivity contribution >= 4 is 0 Å². The molecule has 0 bridgehead atoms. The maximum absolute atomic E-state index is 5.38. The molecule has 0 aromatic heterocycles. The van der Waals surface area contributed by atoms with E-state index in [0.29, 0.717) is 0 Å². The van der Waals surface area contributed by atoms with E-state index in [-0.39, 0.29) is 0 Å². The first-order chi connectivity index (χ1) is 4.31. The van der Waals surface area contributed by atoms with Crippen LogP contribution in [0.15, 0.2) is 0 Å². The Bertz CT molecular complexity index is 54.9. The predicted molar refractivity (Wildman–Crippen MR) is 41.4 cm³/mol. The average molecular weight is 130 g/mol. The molecule has 1 unspecified atom stereocenters. The molecule has 0 aliphatic carbocycles. The monoisotopic (exact) mass is 130 g/mol. The molecule has 0 saturated carbocycles. The quantitative estimate of drug-likeness (QED) is 0.571. The molecule has 3 N–H and O–H groups in total. The van der Waals surface area contributed by atoms with Crippen LogP contribution < -0.4 is 11.1 Å². The van der Waals surface area contributed by atoms with Crippen LogP contribution in [0.1, 0.15) is 19.8 Å². The third kappa shape index (κ3) is 5.80. The summed E-state index contributed by atoms with van der Waals surface area (Å²) in [5.41, 5.74) is 5.38. The summed E-state index contributed by atoms with van der Waals surface area (Å²) in [4.78, 5) is 0. The molecule has 56 valence electrons. The molecular formula is C7H18N2. The average Bonchev–Trinajstić information content (AvgIpc) is 1.85. The second kappa shape index (κ2) is 6.05. The lowest BCUT2D eigenvalue weighted by molar-refractivity contribution is 0.488. The molecule has 0 spiro atoms. The van der Waals surface area contributed by atoms with E-state index in [0.717, 1.165) is 25.4 Å². The minimum absolute atomic E-state index is 0.780. The minimum atomic E-state index is 0.780. The van der Waals surface area contributed by atoms with Gasteiger partial charge in [-0.25, -0.2) is 0 Å². The summed E-state index contributed by atoms with van der Waals surface area (Å²) in [7, 11) is 1.98. The van der Waals surface area contributed by atoms with Gasteiger partial charge < -0.3 is 11.1 Å². The summed E-state index contributed by atoms with van der Waals surface area (Å²) >= 11 is 0. The second-order valence-corrected chi connectivity index (χ2v) is 2.57. The Morgan fingerprint density at radius 3 is 2.56 bits per heavy atom. The van der Waals surface area contributed by atoms with E-state index >= 15 is 0 Å². The normalized spacial score (nSPS) is 13.7. The van der Waals surface area contributed by atoms with E-state index in [1.807, 2.05) is 7.05 Å². The zero-order valence-corrected chi connectivity index (χ0v) is 6.48. The SMILES string of the molecule is CNCCC(C)CCN. The molecule has 9 heavy (non-hydrogen) atoms. The zero-order chi connectivity index (χ0) is 7.11. The van der Waals surface area contributed by atoms with E-state index in [1.54, 1.807) is 0 Å².